The molecule has 0 radical (unpaired) electrons. The maximum absolute atomic E-state index is 12.1. The molecule has 3 rings (SSSR count). The third kappa shape index (κ3) is 5.94. The minimum Gasteiger partial charge on any atom is -0.493 e. The van der Waals surface area contributed by atoms with E-state index >= 15 is 0 Å². The first-order chi connectivity index (χ1) is 17.1. The second kappa shape index (κ2) is 11.1. The molecule has 1 aliphatic rings. The zero-order chi connectivity index (χ0) is 26.5. The van der Waals surface area contributed by atoms with Crippen LogP contribution in [0.15, 0.2) is 18.2 Å². The summed E-state index contributed by atoms with van der Waals surface area (Å²) in [7, 11) is 4.33. The Morgan fingerprint density at radius 2 is 1.78 bits per heavy atom. The Balaban J connectivity index is 1.99. The molecule has 1 heterocycles. The molecule has 10 nitrogen and oxygen atoms in total. The number of carboxylic acid groups (broad SMARTS) is 1. The van der Waals surface area contributed by atoms with Crippen LogP contribution in [-0.4, -0.2) is 57.4 Å². The molecule has 0 fully saturated rings. The predicted octanol–water partition coefficient (Wildman–Crippen LogP) is 4.38. The van der Waals surface area contributed by atoms with Crippen LogP contribution in [0.2, 0.25) is 0 Å². The summed E-state index contributed by atoms with van der Waals surface area (Å²) < 4.78 is 32.6. The Kier molecular flexibility index (Phi) is 8.18. The van der Waals surface area contributed by atoms with Crippen molar-refractivity contribution in [2.24, 2.45) is 0 Å². The summed E-state index contributed by atoms with van der Waals surface area (Å²) in [6, 6.07) is 5.08. The molecule has 1 amide bonds. The molecule has 0 aromatic heterocycles. The lowest BCUT2D eigenvalue weighted by Crippen LogP contribution is -2.33. The van der Waals surface area contributed by atoms with Gasteiger partial charge in [0.15, 0.2) is 23.0 Å². The van der Waals surface area contributed by atoms with Crippen molar-refractivity contribution in [1.82, 2.24) is 5.32 Å². The Bertz CT molecular complexity index is 1170. The molecule has 0 bridgehead atoms. The molecule has 36 heavy (non-hydrogen) atoms. The first kappa shape index (κ1) is 26.5. The van der Waals surface area contributed by atoms with Crippen LogP contribution in [0, 0.1) is 0 Å². The third-order valence-corrected chi connectivity index (χ3v) is 5.23. The van der Waals surface area contributed by atoms with Crippen molar-refractivity contribution in [2.45, 2.75) is 32.8 Å². The first-order valence-electron chi connectivity index (χ1n) is 11.2. The maximum Gasteiger partial charge on any atom is 0.407 e. The number of fused-ring (bicyclic) bond motifs is 1. The van der Waals surface area contributed by atoms with E-state index in [-0.39, 0.29) is 24.7 Å². The van der Waals surface area contributed by atoms with Crippen LogP contribution in [0.4, 0.5) is 4.79 Å². The zero-order valence-electron chi connectivity index (χ0n) is 21.2. The summed E-state index contributed by atoms with van der Waals surface area (Å²) in [6.45, 7) is 5.70. The van der Waals surface area contributed by atoms with Crippen molar-refractivity contribution in [3.63, 3.8) is 0 Å². The number of rotatable bonds is 9. The molecule has 0 saturated heterocycles. The topological polar surface area (TPSA) is 122 Å². The number of hydrogen-bond acceptors (Lipinski definition) is 8. The van der Waals surface area contributed by atoms with Gasteiger partial charge < -0.3 is 38.8 Å². The van der Waals surface area contributed by atoms with Gasteiger partial charge in [-0.15, -0.1) is 0 Å². The first-order valence-corrected chi connectivity index (χ1v) is 11.2. The molecular weight excluding hydrogens is 470 g/mol. The number of carboxylic acids is 1. The standard InChI is InChI=1S/C26H31NO9/c1-26(2,3)36-25(30)27-12-11-16-13-19-23(35-14-34-19)21(32-5)17(16)9-7-15-8-10-18(31-4)22(33-6)20(15)24(28)29/h7-10,13H,11-12,14H2,1-6H3,(H,27,30)(H,28,29)/b9-7+. The summed E-state index contributed by atoms with van der Waals surface area (Å²) in [4.78, 5) is 24.1. The summed E-state index contributed by atoms with van der Waals surface area (Å²) in [5.41, 5.74) is 1.19. The minimum atomic E-state index is -1.16. The number of alkyl carbamates (subject to hydrolysis) is 1. The van der Waals surface area contributed by atoms with Crippen molar-refractivity contribution in [1.29, 1.82) is 0 Å². The molecule has 194 valence electrons. The van der Waals surface area contributed by atoms with Gasteiger partial charge in [-0.3, -0.25) is 0 Å². The van der Waals surface area contributed by atoms with Gasteiger partial charge in [0, 0.05) is 12.1 Å². The Labute approximate surface area is 209 Å². The third-order valence-electron chi connectivity index (χ3n) is 5.23. The van der Waals surface area contributed by atoms with Crippen LogP contribution >= 0.6 is 0 Å². The molecule has 2 N–H and O–H groups in total. The van der Waals surface area contributed by atoms with Crippen LogP contribution in [-0.2, 0) is 11.2 Å². The van der Waals surface area contributed by atoms with Gasteiger partial charge in [-0.1, -0.05) is 18.2 Å². The van der Waals surface area contributed by atoms with Crippen LogP contribution in [0.5, 0.6) is 28.7 Å². The molecule has 0 unspecified atom stereocenters. The second-order valence-electron chi connectivity index (χ2n) is 8.80. The number of ether oxygens (including phenoxy) is 6. The van der Waals surface area contributed by atoms with E-state index in [9.17, 15) is 14.7 Å². The minimum absolute atomic E-state index is 0.0408. The van der Waals surface area contributed by atoms with E-state index < -0.39 is 17.7 Å². The highest BCUT2D eigenvalue weighted by Gasteiger charge is 2.25. The summed E-state index contributed by atoms with van der Waals surface area (Å²) in [5, 5.41) is 12.6. The van der Waals surface area contributed by atoms with Gasteiger partial charge in [0.1, 0.15) is 11.2 Å². The number of carbonyl (C=O) groups is 2. The lowest BCUT2D eigenvalue weighted by Gasteiger charge is -2.20. The maximum atomic E-state index is 12.1. The van der Waals surface area contributed by atoms with E-state index in [0.29, 0.717) is 40.5 Å². The van der Waals surface area contributed by atoms with Crippen LogP contribution < -0.4 is 29.0 Å². The lowest BCUT2D eigenvalue weighted by atomic mass is 9.99. The van der Waals surface area contributed by atoms with Gasteiger partial charge in [-0.2, -0.15) is 0 Å². The van der Waals surface area contributed by atoms with Gasteiger partial charge >= 0.3 is 12.1 Å². The Morgan fingerprint density at radius 1 is 1.06 bits per heavy atom. The number of aromatic carboxylic acids is 1. The highest BCUT2D eigenvalue weighted by molar-refractivity contribution is 5.98. The Morgan fingerprint density at radius 3 is 2.39 bits per heavy atom. The fraction of sp³-hybridized carbons (Fsp3) is 0.385. The van der Waals surface area contributed by atoms with E-state index in [1.165, 1.54) is 21.3 Å². The number of methoxy groups -OCH3 is 3. The fourth-order valence-corrected chi connectivity index (χ4v) is 3.76. The summed E-state index contributed by atoms with van der Waals surface area (Å²) in [5.74, 6) is 0.671. The SMILES string of the molecule is COc1ccc(/C=C/c2c(CCNC(=O)OC(C)(C)C)cc3c(c2OC)OCO3)c(C(=O)O)c1OC. The van der Waals surface area contributed by atoms with Crippen LogP contribution in [0.3, 0.4) is 0 Å². The largest absolute Gasteiger partial charge is 0.493 e. The van der Waals surface area contributed by atoms with E-state index in [1.807, 2.05) is 6.07 Å². The average molecular weight is 502 g/mol. The van der Waals surface area contributed by atoms with Gasteiger partial charge in [0.2, 0.25) is 12.5 Å². The van der Waals surface area contributed by atoms with Gasteiger partial charge in [0.05, 0.1) is 21.3 Å². The molecule has 0 aliphatic carbocycles. The summed E-state index contributed by atoms with van der Waals surface area (Å²) in [6.07, 6.45) is 3.28. The highest BCUT2D eigenvalue weighted by Crippen LogP contribution is 2.46. The van der Waals surface area contributed by atoms with Crippen molar-refractivity contribution in [2.75, 3.05) is 34.7 Å². The fourth-order valence-electron chi connectivity index (χ4n) is 3.76. The van der Waals surface area contributed by atoms with Crippen molar-refractivity contribution in [3.05, 3.63) is 40.5 Å². The molecule has 2 aromatic carbocycles. The number of benzene rings is 2. The van der Waals surface area contributed by atoms with E-state index in [0.717, 1.165) is 5.56 Å². The average Bonchev–Trinajstić information content (AvgIpc) is 3.28. The summed E-state index contributed by atoms with van der Waals surface area (Å²) >= 11 is 0. The zero-order valence-corrected chi connectivity index (χ0v) is 21.2. The number of amides is 1. The van der Waals surface area contributed by atoms with Crippen LogP contribution in [0.25, 0.3) is 12.2 Å². The normalized spacial score (nSPS) is 12.4. The Hall–Kier alpha value is -4.08. The quantitative estimate of drug-likeness (QED) is 0.482. The molecule has 0 atom stereocenters. The van der Waals surface area contributed by atoms with Crippen molar-refractivity contribution < 1.29 is 43.1 Å². The van der Waals surface area contributed by atoms with E-state index in [1.54, 1.807) is 45.1 Å². The second-order valence-corrected chi connectivity index (χ2v) is 8.80. The monoisotopic (exact) mass is 501 g/mol. The van der Waals surface area contributed by atoms with E-state index in [2.05, 4.69) is 5.32 Å². The molecule has 0 saturated carbocycles. The molecular formula is C26H31NO9. The van der Waals surface area contributed by atoms with E-state index in [4.69, 9.17) is 28.4 Å². The van der Waals surface area contributed by atoms with Gasteiger partial charge in [-0.25, -0.2) is 9.59 Å². The number of carbonyl (C=O) groups excluding carboxylic acids is 1. The van der Waals surface area contributed by atoms with Gasteiger partial charge in [-0.05, 0) is 50.5 Å². The molecule has 10 heteroatoms. The predicted molar refractivity (Wildman–Crippen MR) is 132 cm³/mol. The van der Waals surface area contributed by atoms with Crippen LogP contribution in [0.1, 0.15) is 47.8 Å². The molecule has 1 aliphatic heterocycles. The highest BCUT2D eigenvalue weighted by atomic mass is 16.7. The lowest BCUT2D eigenvalue weighted by molar-refractivity contribution is 0.0527. The molecule has 0 spiro atoms. The smallest absolute Gasteiger partial charge is 0.407 e. The van der Waals surface area contributed by atoms with Gasteiger partial charge in [0.25, 0.3) is 0 Å². The number of hydrogen-bond donors (Lipinski definition) is 2. The van der Waals surface area contributed by atoms with Crippen molar-refractivity contribution in [3.8, 4) is 28.7 Å². The number of nitrogens with one attached hydrogen (secondary N) is 1. The van der Waals surface area contributed by atoms with Crippen molar-refractivity contribution >= 4 is 24.2 Å². The molecule has 2 aromatic rings.